The quantitative estimate of drug-likeness (QED) is 0.862. The number of nitrogens with one attached hydrogen (secondary N) is 1. The molecule has 4 heteroatoms. The van der Waals surface area contributed by atoms with Crippen molar-refractivity contribution in [3.8, 4) is 0 Å². The molecule has 1 aromatic heterocycles. The van der Waals surface area contributed by atoms with Crippen molar-refractivity contribution in [1.29, 1.82) is 0 Å². The van der Waals surface area contributed by atoms with Crippen LogP contribution in [-0.2, 0) is 4.79 Å². The minimum atomic E-state index is 0.0718. The molecule has 0 unspecified atom stereocenters. The zero-order valence-electron chi connectivity index (χ0n) is 10.3. The average Bonchev–Trinajstić information content (AvgIpc) is 2.83. The molecule has 0 spiro atoms. The number of hydrogen-bond acceptors (Lipinski definition) is 3. The van der Waals surface area contributed by atoms with Crippen molar-refractivity contribution in [3.05, 3.63) is 24.0 Å². The van der Waals surface area contributed by atoms with E-state index in [-0.39, 0.29) is 5.91 Å². The van der Waals surface area contributed by atoms with Crippen molar-refractivity contribution in [3.63, 3.8) is 0 Å². The maximum Gasteiger partial charge on any atom is 0.225 e. The Hall–Kier alpha value is -1.42. The summed E-state index contributed by atoms with van der Waals surface area (Å²) in [5.41, 5.74) is 1.74. The summed E-state index contributed by atoms with van der Waals surface area (Å²) in [6.45, 7) is 5.07. The minimum absolute atomic E-state index is 0.0718. The Morgan fingerprint density at radius 2 is 2.18 bits per heavy atom. The van der Waals surface area contributed by atoms with Gasteiger partial charge in [-0.3, -0.25) is 9.78 Å². The Bertz CT molecular complexity index is 369. The normalized spacial score (nSPS) is 16.1. The molecule has 0 radical (unpaired) electrons. The van der Waals surface area contributed by atoms with Crippen LogP contribution in [0.5, 0.6) is 0 Å². The van der Waals surface area contributed by atoms with E-state index >= 15 is 0 Å². The number of pyridine rings is 1. The second-order valence-corrected chi connectivity index (χ2v) is 4.54. The number of hydrogen-bond donors (Lipinski definition) is 1. The summed E-state index contributed by atoms with van der Waals surface area (Å²) in [5, 5.41) is 2.86. The van der Waals surface area contributed by atoms with Gasteiger partial charge in [0.05, 0.1) is 11.9 Å². The predicted octanol–water partition coefficient (Wildman–Crippen LogP) is 1.81. The lowest BCUT2D eigenvalue weighted by atomic mass is 10.3. The lowest BCUT2D eigenvalue weighted by molar-refractivity contribution is -0.116. The highest BCUT2D eigenvalue weighted by Gasteiger charge is 2.12. The van der Waals surface area contributed by atoms with Gasteiger partial charge in [0, 0.05) is 18.7 Å². The standard InChI is InChI=1S/C13H19N3O/c1-11-4-5-12(10-14-11)15-13(17)6-9-16-7-2-3-8-16/h4-5,10H,2-3,6-9H2,1H3,(H,15,17). The summed E-state index contributed by atoms with van der Waals surface area (Å²) >= 11 is 0. The molecule has 2 rings (SSSR count). The SMILES string of the molecule is Cc1ccc(NC(=O)CCN2CCCC2)cn1. The number of carbonyl (C=O) groups excluding carboxylic acids is 1. The largest absolute Gasteiger partial charge is 0.325 e. The van der Waals surface area contributed by atoms with Gasteiger partial charge < -0.3 is 10.2 Å². The summed E-state index contributed by atoms with van der Waals surface area (Å²) in [4.78, 5) is 18.2. The molecule has 92 valence electrons. The van der Waals surface area contributed by atoms with E-state index in [1.165, 1.54) is 12.8 Å². The first-order chi connectivity index (χ1) is 8.24. The van der Waals surface area contributed by atoms with E-state index in [2.05, 4.69) is 15.2 Å². The highest BCUT2D eigenvalue weighted by molar-refractivity contribution is 5.90. The number of amides is 1. The molecule has 2 heterocycles. The third-order valence-corrected chi connectivity index (χ3v) is 3.05. The molecule has 4 nitrogen and oxygen atoms in total. The zero-order chi connectivity index (χ0) is 12.1. The van der Waals surface area contributed by atoms with Gasteiger partial charge in [0.2, 0.25) is 5.91 Å². The molecule has 0 atom stereocenters. The van der Waals surface area contributed by atoms with E-state index < -0.39 is 0 Å². The van der Waals surface area contributed by atoms with E-state index in [1.54, 1.807) is 6.20 Å². The van der Waals surface area contributed by atoms with Crippen LogP contribution in [0.25, 0.3) is 0 Å². The van der Waals surface area contributed by atoms with Gasteiger partial charge in [-0.15, -0.1) is 0 Å². The summed E-state index contributed by atoms with van der Waals surface area (Å²) in [7, 11) is 0. The van der Waals surface area contributed by atoms with Crippen molar-refractivity contribution in [1.82, 2.24) is 9.88 Å². The molecule has 0 bridgehead atoms. The van der Waals surface area contributed by atoms with E-state index in [1.807, 2.05) is 19.1 Å². The fourth-order valence-corrected chi connectivity index (χ4v) is 2.03. The lowest BCUT2D eigenvalue weighted by Gasteiger charge is -2.13. The van der Waals surface area contributed by atoms with Crippen LogP contribution < -0.4 is 5.32 Å². The first kappa shape index (κ1) is 12.0. The van der Waals surface area contributed by atoms with Gasteiger partial charge in [0.15, 0.2) is 0 Å². The van der Waals surface area contributed by atoms with Crippen molar-refractivity contribution in [2.24, 2.45) is 0 Å². The second-order valence-electron chi connectivity index (χ2n) is 4.54. The minimum Gasteiger partial charge on any atom is -0.325 e. The topological polar surface area (TPSA) is 45.2 Å². The number of aromatic nitrogens is 1. The lowest BCUT2D eigenvalue weighted by Crippen LogP contribution is -2.25. The first-order valence-corrected chi connectivity index (χ1v) is 6.19. The van der Waals surface area contributed by atoms with Crippen molar-refractivity contribution in [2.75, 3.05) is 25.0 Å². The fourth-order valence-electron chi connectivity index (χ4n) is 2.03. The van der Waals surface area contributed by atoms with E-state index in [0.29, 0.717) is 6.42 Å². The Morgan fingerprint density at radius 3 is 2.82 bits per heavy atom. The molecule has 1 aliphatic rings. The molecular formula is C13H19N3O. The summed E-state index contributed by atoms with van der Waals surface area (Å²) in [6.07, 6.45) is 4.80. The predicted molar refractivity (Wildman–Crippen MR) is 67.9 cm³/mol. The zero-order valence-corrected chi connectivity index (χ0v) is 10.3. The molecule has 0 aliphatic carbocycles. The maximum absolute atomic E-state index is 11.7. The number of likely N-dealkylation sites (tertiary alicyclic amines) is 1. The highest BCUT2D eigenvalue weighted by Crippen LogP contribution is 2.09. The van der Waals surface area contributed by atoms with Crippen LogP contribution in [0.4, 0.5) is 5.69 Å². The molecular weight excluding hydrogens is 214 g/mol. The number of nitrogens with zero attached hydrogens (tertiary/aromatic N) is 2. The third kappa shape index (κ3) is 3.82. The smallest absolute Gasteiger partial charge is 0.225 e. The number of aryl methyl sites for hydroxylation is 1. The van der Waals surface area contributed by atoms with Crippen LogP contribution in [0, 0.1) is 6.92 Å². The van der Waals surface area contributed by atoms with Crippen LogP contribution in [0.1, 0.15) is 25.0 Å². The number of rotatable bonds is 4. The molecule has 0 saturated carbocycles. The highest BCUT2D eigenvalue weighted by atomic mass is 16.1. The van der Waals surface area contributed by atoms with Crippen LogP contribution in [-0.4, -0.2) is 35.4 Å². The molecule has 1 aliphatic heterocycles. The Labute approximate surface area is 102 Å². The van der Waals surface area contributed by atoms with E-state index in [0.717, 1.165) is 31.0 Å². The van der Waals surface area contributed by atoms with Gasteiger partial charge >= 0.3 is 0 Å². The van der Waals surface area contributed by atoms with Crippen molar-refractivity contribution >= 4 is 11.6 Å². The van der Waals surface area contributed by atoms with Gasteiger partial charge in [-0.05, 0) is 45.0 Å². The third-order valence-electron chi connectivity index (χ3n) is 3.05. The Morgan fingerprint density at radius 1 is 1.41 bits per heavy atom. The summed E-state index contributed by atoms with van der Waals surface area (Å²) in [5.74, 6) is 0.0718. The van der Waals surface area contributed by atoms with E-state index in [9.17, 15) is 4.79 Å². The second kappa shape index (κ2) is 5.77. The molecule has 1 amide bonds. The summed E-state index contributed by atoms with van der Waals surface area (Å²) in [6, 6.07) is 3.78. The molecule has 1 N–H and O–H groups in total. The van der Waals surface area contributed by atoms with E-state index in [4.69, 9.17) is 0 Å². The van der Waals surface area contributed by atoms with Crippen LogP contribution in [0.15, 0.2) is 18.3 Å². The van der Waals surface area contributed by atoms with Crippen LogP contribution >= 0.6 is 0 Å². The maximum atomic E-state index is 11.7. The fraction of sp³-hybridized carbons (Fsp3) is 0.538. The molecule has 1 aromatic rings. The average molecular weight is 233 g/mol. The van der Waals surface area contributed by atoms with Crippen LogP contribution in [0.3, 0.4) is 0 Å². The van der Waals surface area contributed by atoms with Gasteiger partial charge in [-0.2, -0.15) is 0 Å². The summed E-state index contributed by atoms with van der Waals surface area (Å²) < 4.78 is 0. The van der Waals surface area contributed by atoms with Gasteiger partial charge in [0.25, 0.3) is 0 Å². The van der Waals surface area contributed by atoms with Crippen molar-refractivity contribution < 1.29 is 4.79 Å². The Balaban J connectivity index is 1.74. The van der Waals surface area contributed by atoms with Crippen LogP contribution in [0.2, 0.25) is 0 Å². The first-order valence-electron chi connectivity index (χ1n) is 6.19. The van der Waals surface area contributed by atoms with Gasteiger partial charge in [-0.25, -0.2) is 0 Å². The molecule has 1 fully saturated rings. The molecule has 17 heavy (non-hydrogen) atoms. The Kier molecular flexibility index (Phi) is 4.09. The van der Waals surface area contributed by atoms with Crippen molar-refractivity contribution in [2.45, 2.75) is 26.2 Å². The number of carbonyl (C=O) groups is 1. The number of anilines is 1. The van der Waals surface area contributed by atoms with Gasteiger partial charge in [0.1, 0.15) is 0 Å². The molecule has 1 saturated heterocycles. The van der Waals surface area contributed by atoms with Gasteiger partial charge in [-0.1, -0.05) is 0 Å². The molecule has 0 aromatic carbocycles. The monoisotopic (exact) mass is 233 g/mol.